The van der Waals surface area contributed by atoms with Crippen LogP contribution in [-0.2, 0) is 9.59 Å². The number of aryl methyl sites for hydroxylation is 1. The summed E-state index contributed by atoms with van der Waals surface area (Å²) in [6.45, 7) is 1.87. The third-order valence-corrected chi connectivity index (χ3v) is 2.73. The van der Waals surface area contributed by atoms with Crippen molar-refractivity contribution in [2.75, 3.05) is 7.05 Å². The standard InChI is InChI=1S/C12H13N3O2/c1-7-5-3-4-6-8(7)9-10(16)14-12(13-2)15-11(9)17/h3-6,9H,1-2H3,(H2,13,14,15,16,17). The van der Waals surface area contributed by atoms with Crippen molar-refractivity contribution in [3.63, 3.8) is 0 Å². The van der Waals surface area contributed by atoms with E-state index in [2.05, 4.69) is 15.6 Å². The number of benzene rings is 1. The third-order valence-electron chi connectivity index (χ3n) is 2.73. The zero-order chi connectivity index (χ0) is 12.4. The van der Waals surface area contributed by atoms with E-state index >= 15 is 0 Å². The number of nitrogens with one attached hydrogen (secondary N) is 2. The molecule has 2 amide bonds. The highest BCUT2D eigenvalue weighted by molar-refractivity contribution is 6.20. The van der Waals surface area contributed by atoms with Crippen LogP contribution >= 0.6 is 0 Å². The lowest BCUT2D eigenvalue weighted by Gasteiger charge is -2.24. The SMILES string of the molecule is CN=C1NC(=O)C(c2ccccc2C)C(=O)N1. The Balaban J connectivity index is 2.37. The first-order chi connectivity index (χ1) is 8.13. The normalized spacial score (nSPS) is 19.6. The van der Waals surface area contributed by atoms with E-state index in [-0.39, 0.29) is 17.8 Å². The molecular weight excluding hydrogens is 218 g/mol. The van der Waals surface area contributed by atoms with E-state index in [0.29, 0.717) is 0 Å². The Morgan fingerprint density at radius 3 is 2.24 bits per heavy atom. The Hall–Kier alpha value is -2.17. The molecule has 5 heteroatoms. The number of carbonyl (C=O) groups excluding carboxylic acids is 2. The second-order valence-electron chi connectivity index (χ2n) is 3.84. The van der Waals surface area contributed by atoms with Gasteiger partial charge >= 0.3 is 0 Å². The lowest BCUT2D eigenvalue weighted by atomic mass is 9.92. The topological polar surface area (TPSA) is 70.6 Å². The fraction of sp³-hybridized carbons (Fsp3) is 0.250. The second-order valence-corrected chi connectivity index (χ2v) is 3.84. The van der Waals surface area contributed by atoms with Crippen LogP contribution in [0.4, 0.5) is 0 Å². The van der Waals surface area contributed by atoms with E-state index in [1.165, 1.54) is 7.05 Å². The zero-order valence-corrected chi connectivity index (χ0v) is 9.65. The smallest absolute Gasteiger partial charge is 0.243 e. The Morgan fingerprint density at radius 1 is 1.12 bits per heavy atom. The molecule has 0 bridgehead atoms. The van der Waals surface area contributed by atoms with Gasteiger partial charge in [0, 0.05) is 7.05 Å². The molecule has 17 heavy (non-hydrogen) atoms. The van der Waals surface area contributed by atoms with Gasteiger partial charge in [-0.25, -0.2) is 0 Å². The van der Waals surface area contributed by atoms with Crippen LogP contribution in [0.25, 0.3) is 0 Å². The van der Waals surface area contributed by atoms with Gasteiger partial charge in [0.25, 0.3) is 0 Å². The van der Waals surface area contributed by atoms with E-state index in [0.717, 1.165) is 11.1 Å². The summed E-state index contributed by atoms with van der Waals surface area (Å²) in [5, 5.41) is 5.10. The Labute approximate surface area is 98.9 Å². The summed E-state index contributed by atoms with van der Waals surface area (Å²) in [4.78, 5) is 27.5. The van der Waals surface area contributed by atoms with Gasteiger partial charge < -0.3 is 0 Å². The Morgan fingerprint density at radius 2 is 1.71 bits per heavy atom. The van der Waals surface area contributed by atoms with Gasteiger partial charge in [0.05, 0.1) is 0 Å². The number of hydrogen-bond acceptors (Lipinski definition) is 3. The van der Waals surface area contributed by atoms with Crippen LogP contribution in [0.1, 0.15) is 17.0 Å². The number of aliphatic imine (C=N–C) groups is 1. The van der Waals surface area contributed by atoms with Gasteiger partial charge in [0.2, 0.25) is 17.8 Å². The summed E-state index contributed by atoms with van der Waals surface area (Å²) >= 11 is 0. The van der Waals surface area contributed by atoms with Crippen molar-refractivity contribution in [1.29, 1.82) is 0 Å². The predicted molar refractivity (Wildman–Crippen MR) is 63.6 cm³/mol. The molecule has 2 N–H and O–H groups in total. The van der Waals surface area contributed by atoms with Crippen molar-refractivity contribution in [3.8, 4) is 0 Å². The van der Waals surface area contributed by atoms with Crippen LogP contribution in [0.2, 0.25) is 0 Å². The van der Waals surface area contributed by atoms with Crippen molar-refractivity contribution >= 4 is 17.8 Å². The molecule has 1 saturated heterocycles. The summed E-state index contributed by atoms with van der Waals surface area (Å²) in [5.41, 5.74) is 1.64. The number of amides is 2. The first kappa shape index (κ1) is 11.3. The molecule has 0 atom stereocenters. The van der Waals surface area contributed by atoms with Gasteiger partial charge in [-0.05, 0) is 18.1 Å². The number of guanidine groups is 1. The molecule has 0 aliphatic carbocycles. The summed E-state index contributed by atoms with van der Waals surface area (Å²) in [5.74, 6) is -1.29. The van der Waals surface area contributed by atoms with Gasteiger partial charge in [-0.1, -0.05) is 24.3 Å². The van der Waals surface area contributed by atoms with Crippen molar-refractivity contribution in [3.05, 3.63) is 35.4 Å². The molecule has 0 saturated carbocycles. The summed E-state index contributed by atoms with van der Waals surface area (Å²) < 4.78 is 0. The Kier molecular flexibility index (Phi) is 2.91. The van der Waals surface area contributed by atoms with Crippen molar-refractivity contribution in [1.82, 2.24) is 10.6 Å². The van der Waals surface area contributed by atoms with Crippen LogP contribution < -0.4 is 10.6 Å². The molecule has 1 fully saturated rings. The molecule has 88 valence electrons. The maximum atomic E-state index is 11.9. The molecule has 0 spiro atoms. The number of hydrogen-bond donors (Lipinski definition) is 2. The second kappa shape index (κ2) is 4.37. The monoisotopic (exact) mass is 231 g/mol. The zero-order valence-electron chi connectivity index (χ0n) is 9.65. The van der Waals surface area contributed by atoms with Crippen molar-refractivity contribution < 1.29 is 9.59 Å². The van der Waals surface area contributed by atoms with E-state index in [1.54, 1.807) is 6.07 Å². The summed E-state index contributed by atoms with van der Waals surface area (Å²) in [7, 11) is 1.50. The first-order valence-corrected chi connectivity index (χ1v) is 5.27. The van der Waals surface area contributed by atoms with E-state index < -0.39 is 5.92 Å². The van der Waals surface area contributed by atoms with Gasteiger partial charge in [-0.15, -0.1) is 0 Å². The number of rotatable bonds is 1. The molecule has 1 aliphatic rings. The quantitative estimate of drug-likeness (QED) is 0.683. The van der Waals surface area contributed by atoms with Crippen LogP contribution in [0, 0.1) is 6.92 Å². The van der Waals surface area contributed by atoms with Gasteiger partial charge in [0.1, 0.15) is 5.92 Å². The van der Waals surface area contributed by atoms with E-state index in [9.17, 15) is 9.59 Å². The van der Waals surface area contributed by atoms with Crippen molar-refractivity contribution in [2.45, 2.75) is 12.8 Å². The Bertz CT molecular complexity index is 488. The fourth-order valence-corrected chi connectivity index (χ4v) is 1.83. The summed E-state index contributed by atoms with van der Waals surface area (Å²) in [6, 6.07) is 7.34. The summed E-state index contributed by atoms with van der Waals surface area (Å²) in [6.07, 6.45) is 0. The average Bonchev–Trinajstić information content (AvgIpc) is 2.30. The lowest BCUT2D eigenvalue weighted by Crippen LogP contribution is -2.55. The fourth-order valence-electron chi connectivity index (χ4n) is 1.83. The molecule has 1 aliphatic heterocycles. The maximum Gasteiger partial charge on any atom is 0.243 e. The maximum absolute atomic E-state index is 11.9. The first-order valence-electron chi connectivity index (χ1n) is 5.27. The average molecular weight is 231 g/mol. The third kappa shape index (κ3) is 2.04. The van der Waals surface area contributed by atoms with Crippen molar-refractivity contribution in [2.24, 2.45) is 4.99 Å². The number of carbonyl (C=O) groups is 2. The van der Waals surface area contributed by atoms with Crippen LogP contribution in [-0.4, -0.2) is 24.8 Å². The van der Waals surface area contributed by atoms with Crippen LogP contribution in [0.5, 0.6) is 0 Å². The minimum atomic E-state index is -0.804. The molecule has 5 nitrogen and oxygen atoms in total. The van der Waals surface area contributed by atoms with Crippen LogP contribution in [0.3, 0.4) is 0 Å². The van der Waals surface area contributed by atoms with Gasteiger partial charge in [-0.3, -0.25) is 25.2 Å². The van der Waals surface area contributed by atoms with E-state index in [4.69, 9.17) is 0 Å². The largest absolute Gasteiger partial charge is 0.295 e. The van der Waals surface area contributed by atoms with E-state index in [1.807, 2.05) is 25.1 Å². The highest BCUT2D eigenvalue weighted by Crippen LogP contribution is 2.21. The van der Waals surface area contributed by atoms with Gasteiger partial charge in [0.15, 0.2) is 0 Å². The molecule has 0 unspecified atom stereocenters. The molecular formula is C12H13N3O2. The van der Waals surface area contributed by atoms with Gasteiger partial charge in [-0.2, -0.15) is 0 Å². The molecule has 1 aromatic carbocycles. The predicted octanol–water partition coefficient (Wildman–Crippen LogP) is 0.310. The highest BCUT2D eigenvalue weighted by Gasteiger charge is 2.34. The number of nitrogens with zero attached hydrogens (tertiary/aromatic N) is 1. The van der Waals surface area contributed by atoms with Crippen LogP contribution in [0.15, 0.2) is 29.3 Å². The molecule has 1 aromatic rings. The molecule has 0 aromatic heterocycles. The molecule has 2 rings (SSSR count). The minimum absolute atomic E-state index is 0.199. The highest BCUT2D eigenvalue weighted by atomic mass is 16.2. The molecule has 0 radical (unpaired) electrons. The molecule has 1 heterocycles. The lowest BCUT2D eigenvalue weighted by molar-refractivity contribution is -0.131. The minimum Gasteiger partial charge on any atom is -0.295 e.